The zero-order valence-corrected chi connectivity index (χ0v) is 13.8. The number of thiophene rings is 1. The predicted octanol–water partition coefficient (Wildman–Crippen LogP) is 1.35. The molecule has 3 aromatic rings. The van der Waals surface area contributed by atoms with Gasteiger partial charge in [0.15, 0.2) is 0 Å². The van der Waals surface area contributed by atoms with Crippen molar-refractivity contribution in [1.82, 2.24) is 30.4 Å². The molecule has 0 unspecified atom stereocenters. The molecule has 0 saturated heterocycles. The fraction of sp³-hybridized carbons (Fsp3) is 0.333. The van der Waals surface area contributed by atoms with Crippen molar-refractivity contribution in [3.63, 3.8) is 0 Å². The van der Waals surface area contributed by atoms with E-state index in [1.807, 2.05) is 16.8 Å². The third-order valence-electron chi connectivity index (χ3n) is 2.97. The van der Waals surface area contributed by atoms with Crippen LogP contribution in [0.4, 0.5) is 5.13 Å². The second-order valence-electron chi connectivity index (χ2n) is 4.55. The van der Waals surface area contributed by atoms with Crippen LogP contribution in [0.1, 0.15) is 23.0 Å². The van der Waals surface area contributed by atoms with E-state index in [9.17, 15) is 4.79 Å². The van der Waals surface area contributed by atoms with Crippen LogP contribution in [0.3, 0.4) is 0 Å². The number of carbonyl (C=O) groups is 1. The lowest BCUT2D eigenvalue weighted by atomic mass is 10.1. The van der Waals surface area contributed by atoms with E-state index < -0.39 is 0 Å². The van der Waals surface area contributed by atoms with Crippen LogP contribution in [0.5, 0.6) is 0 Å². The number of rotatable bonds is 7. The second-order valence-corrected chi connectivity index (χ2v) is 6.39. The zero-order chi connectivity index (χ0) is 16.1. The van der Waals surface area contributed by atoms with E-state index in [1.165, 1.54) is 17.7 Å². The molecule has 1 amide bonds. The van der Waals surface area contributed by atoms with E-state index in [2.05, 4.69) is 31.0 Å². The van der Waals surface area contributed by atoms with Crippen LogP contribution < -0.4 is 5.32 Å². The molecule has 0 radical (unpaired) electrons. The van der Waals surface area contributed by atoms with Crippen LogP contribution >= 0.6 is 22.7 Å². The summed E-state index contributed by atoms with van der Waals surface area (Å²) in [5.41, 5.74) is 0.981. The Morgan fingerprint density at radius 1 is 1.48 bits per heavy atom. The molecule has 0 bridgehead atoms. The Labute approximate surface area is 139 Å². The highest BCUT2D eigenvalue weighted by Crippen LogP contribution is 2.24. The Kier molecular flexibility index (Phi) is 5.00. The molecule has 11 heteroatoms. The maximum absolute atomic E-state index is 12.3. The maximum atomic E-state index is 12.3. The van der Waals surface area contributed by atoms with Gasteiger partial charge in [-0.15, -0.1) is 15.3 Å². The monoisotopic (exact) mass is 351 g/mol. The molecular formula is C12H13N7O2S2. The Morgan fingerprint density at radius 3 is 3.09 bits per heavy atom. The summed E-state index contributed by atoms with van der Waals surface area (Å²) in [5, 5.41) is 26.8. The molecule has 0 aliphatic carbocycles. The van der Waals surface area contributed by atoms with Gasteiger partial charge in [0.1, 0.15) is 17.9 Å². The molecule has 1 atom stereocenters. The molecule has 0 spiro atoms. The van der Waals surface area contributed by atoms with Crippen LogP contribution in [0.25, 0.3) is 0 Å². The lowest BCUT2D eigenvalue weighted by Crippen LogP contribution is -2.20. The Morgan fingerprint density at radius 2 is 2.39 bits per heavy atom. The fourth-order valence-corrected chi connectivity index (χ4v) is 3.41. The van der Waals surface area contributed by atoms with E-state index >= 15 is 0 Å². The molecular weight excluding hydrogens is 338 g/mol. The minimum absolute atomic E-state index is 0.184. The Hall–Kier alpha value is -2.24. The first-order valence-electron chi connectivity index (χ1n) is 6.62. The summed E-state index contributed by atoms with van der Waals surface area (Å²) in [6.07, 6.45) is 1.69. The lowest BCUT2D eigenvalue weighted by molar-refractivity contribution is -0.116. The summed E-state index contributed by atoms with van der Waals surface area (Å²) in [5.74, 6) is -0.184. The number of hydrogen-bond donors (Lipinski definition) is 1. The third-order valence-corrected chi connectivity index (χ3v) is 4.49. The molecule has 120 valence electrons. The van der Waals surface area contributed by atoms with Gasteiger partial charge in [-0.05, 0) is 32.8 Å². The average Bonchev–Trinajstić information content (AvgIpc) is 3.28. The zero-order valence-electron chi connectivity index (χ0n) is 12.1. The smallest absolute Gasteiger partial charge is 0.228 e. The van der Waals surface area contributed by atoms with Crippen LogP contribution in [0.15, 0.2) is 23.2 Å². The molecule has 0 aliphatic rings. The topological polar surface area (TPSA) is 108 Å². The van der Waals surface area contributed by atoms with Crippen LogP contribution in [0, 0.1) is 0 Å². The number of nitrogens with zero attached hydrogens (tertiary/aromatic N) is 6. The van der Waals surface area contributed by atoms with Gasteiger partial charge < -0.3 is 10.1 Å². The number of methoxy groups -OCH3 is 1. The van der Waals surface area contributed by atoms with Gasteiger partial charge in [0, 0.05) is 7.11 Å². The van der Waals surface area contributed by atoms with Crippen molar-refractivity contribution in [2.75, 3.05) is 12.4 Å². The van der Waals surface area contributed by atoms with E-state index in [0.29, 0.717) is 16.7 Å². The Balaban J connectivity index is 1.68. The highest BCUT2D eigenvalue weighted by atomic mass is 32.1. The van der Waals surface area contributed by atoms with E-state index in [1.54, 1.807) is 23.1 Å². The molecule has 1 N–H and O–H groups in total. The van der Waals surface area contributed by atoms with Crippen molar-refractivity contribution < 1.29 is 9.53 Å². The maximum Gasteiger partial charge on any atom is 0.228 e. The lowest BCUT2D eigenvalue weighted by Gasteiger charge is -2.14. The van der Waals surface area contributed by atoms with Gasteiger partial charge in [-0.25, -0.2) is 4.68 Å². The van der Waals surface area contributed by atoms with Crippen molar-refractivity contribution in [3.8, 4) is 0 Å². The van der Waals surface area contributed by atoms with E-state index in [-0.39, 0.29) is 18.4 Å². The average molecular weight is 351 g/mol. The van der Waals surface area contributed by atoms with Crippen molar-refractivity contribution in [2.24, 2.45) is 0 Å². The SMILES string of the molecule is COCc1nnc(NC(=O)C[C@@H](c2ccsc2)n2cnnn2)s1. The highest BCUT2D eigenvalue weighted by molar-refractivity contribution is 7.15. The summed E-state index contributed by atoms with van der Waals surface area (Å²) >= 11 is 2.84. The van der Waals surface area contributed by atoms with Gasteiger partial charge in [0.25, 0.3) is 0 Å². The van der Waals surface area contributed by atoms with Gasteiger partial charge in [-0.1, -0.05) is 11.3 Å². The molecule has 0 aliphatic heterocycles. The largest absolute Gasteiger partial charge is 0.377 e. The van der Waals surface area contributed by atoms with Gasteiger partial charge >= 0.3 is 0 Å². The minimum atomic E-state index is -0.261. The van der Waals surface area contributed by atoms with Gasteiger partial charge in [0.05, 0.1) is 12.5 Å². The van der Waals surface area contributed by atoms with Crippen molar-refractivity contribution in [3.05, 3.63) is 33.7 Å². The highest BCUT2D eigenvalue weighted by Gasteiger charge is 2.20. The molecule has 0 saturated carbocycles. The van der Waals surface area contributed by atoms with Crippen molar-refractivity contribution in [2.45, 2.75) is 19.1 Å². The molecule has 3 aromatic heterocycles. The molecule has 3 heterocycles. The standard InChI is InChI=1S/C12H13N7O2S2/c1-21-5-11-15-16-12(23-11)14-10(20)4-9(8-2-3-22-6-8)19-7-13-17-18-19/h2-3,6-7,9H,4-5H2,1H3,(H,14,16,20)/t9-/m0/s1. The van der Waals surface area contributed by atoms with Crippen LogP contribution in [-0.2, 0) is 16.1 Å². The first-order valence-corrected chi connectivity index (χ1v) is 8.38. The second kappa shape index (κ2) is 7.35. The summed E-state index contributed by atoms with van der Waals surface area (Å²) in [6.45, 7) is 0.371. The van der Waals surface area contributed by atoms with E-state index in [4.69, 9.17) is 4.74 Å². The van der Waals surface area contributed by atoms with Crippen molar-refractivity contribution in [1.29, 1.82) is 0 Å². The number of ether oxygens (including phenoxy) is 1. The molecule has 0 aromatic carbocycles. The summed E-state index contributed by atoms with van der Waals surface area (Å²) in [6, 6.07) is 1.69. The van der Waals surface area contributed by atoms with E-state index in [0.717, 1.165) is 5.56 Å². The summed E-state index contributed by atoms with van der Waals surface area (Å²) in [4.78, 5) is 12.3. The number of tetrazole rings is 1. The first kappa shape index (κ1) is 15.6. The minimum Gasteiger partial charge on any atom is -0.377 e. The van der Waals surface area contributed by atoms with Crippen LogP contribution in [0.2, 0.25) is 0 Å². The number of nitrogens with one attached hydrogen (secondary N) is 1. The fourth-order valence-electron chi connectivity index (χ4n) is 1.97. The molecule has 23 heavy (non-hydrogen) atoms. The molecule has 9 nitrogen and oxygen atoms in total. The van der Waals surface area contributed by atoms with Crippen molar-refractivity contribution >= 4 is 33.7 Å². The quantitative estimate of drug-likeness (QED) is 0.684. The predicted molar refractivity (Wildman–Crippen MR) is 84.1 cm³/mol. The van der Waals surface area contributed by atoms with Gasteiger partial charge in [-0.2, -0.15) is 11.3 Å². The van der Waals surface area contributed by atoms with Gasteiger partial charge in [-0.3, -0.25) is 4.79 Å². The number of amides is 1. The summed E-state index contributed by atoms with van der Waals surface area (Å²) < 4.78 is 6.55. The number of carbonyl (C=O) groups excluding carboxylic acids is 1. The van der Waals surface area contributed by atoms with Gasteiger partial charge in [0.2, 0.25) is 11.0 Å². The van der Waals surface area contributed by atoms with Crippen LogP contribution in [-0.4, -0.2) is 43.4 Å². The molecule has 0 fully saturated rings. The Bertz CT molecular complexity index is 707. The normalized spacial score (nSPS) is 12.2. The third kappa shape index (κ3) is 3.94. The number of anilines is 1. The number of hydrogen-bond acceptors (Lipinski definition) is 9. The first-order chi connectivity index (χ1) is 11.3. The molecule has 3 rings (SSSR count). The number of aromatic nitrogens is 6. The summed E-state index contributed by atoms with van der Waals surface area (Å²) in [7, 11) is 1.58.